The van der Waals surface area contributed by atoms with Crippen molar-refractivity contribution in [2.45, 2.75) is 47.6 Å². The zero-order valence-corrected chi connectivity index (χ0v) is 18.8. The third-order valence-corrected chi connectivity index (χ3v) is 6.19. The molecule has 1 saturated heterocycles. The largest absolute Gasteiger partial charge is 0.368 e. The number of amides is 1. The molecule has 0 saturated carbocycles. The Morgan fingerprint density at radius 1 is 1.13 bits per heavy atom. The van der Waals surface area contributed by atoms with Gasteiger partial charge in [0.15, 0.2) is 0 Å². The summed E-state index contributed by atoms with van der Waals surface area (Å²) in [6.07, 6.45) is 2.81. The molecular weight excluding hydrogens is 372 g/mol. The number of anilines is 1. The van der Waals surface area contributed by atoms with Crippen molar-refractivity contribution in [1.82, 2.24) is 9.47 Å². The zero-order valence-electron chi connectivity index (χ0n) is 18.8. The first-order chi connectivity index (χ1) is 14.4. The highest BCUT2D eigenvalue weighted by molar-refractivity contribution is 6.02. The highest BCUT2D eigenvalue weighted by Crippen LogP contribution is 2.25. The minimum Gasteiger partial charge on any atom is -0.368 e. The minimum absolute atomic E-state index is 0.168. The van der Waals surface area contributed by atoms with Gasteiger partial charge in [0.25, 0.3) is 5.91 Å². The third kappa shape index (κ3) is 4.28. The number of hydrogen-bond acceptors (Lipinski definition) is 3. The fourth-order valence-corrected chi connectivity index (χ4v) is 4.24. The van der Waals surface area contributed by atoms with E-state index in [1.807, 2.05) is 4.90 Å². The molecule has 158 valence electrons. The number of nitrogens with zero attached hydrogens (tertiary/aromatic N) is 4. The lowest BCUT2D eigenvalue weighted by Crippen LogP contribution is -2.49. The van der Waals surface area contributed by atoms with Gasteiger partial charge in [-0.1, -0.05) is 19.1 Å². The molecule has 0 aliphatic carbocycles. The van der Waals surface area contributed by atoms with Crippen molar-refractivity contribution < 1.29 is 4.79 Å². The summed E-state index contributed by atoms with van der Waals surface area (Å²) in [5, 5.41) is 9.67. The Bertz CT molecular complexity index is 1000. The molecule has 0 spiro atoms. The quantitative estimate of drug-likeness (QED) is 0.549. The van der Waals surface area contributed by atoms with Gasteiger partial charge in [0.2, 0.25) is 0 Å². The van der Waals surface area contributed by atoms with E-state index in [0.29, 0.717) is 13.1 Å². The summed E-state index contributed by atoms with van der Waals surface area (Å²) in [7, 11) is 0. The summed E-state index contributed by atoms with van der Waals surface area (Å²) in [5.74, 6) is -0.168. The number of hydrogen-bond donors (Lipinski definition) is 0. The van der Waals surface area contributed by atoms with Crippen LogP contribution < -0.4 is 4.90 Å². The summed E-state index contributed by atoms with van der Waals surface area (Å²) in [6.45, 7) is 14.3. The molecule has 0 bridgehead atoms. The molecule has 1 aliphatic heterocycles. The van der Waals surface area contributed by atoms with Gasteiger partial charge in [-0.3, -0.25) is 4.79 Å². The molecule has 1 fully saturated rings. The van der Waals surface area contributed by atoms with E-state index < -0.39 is 0 Å². The van der Waals surface area contributed by atoms with E-state index in [0.717, 1.165) is 43.0 Å². The lowest BCUT2D eigenvalue weighted by atomic mass is 10.1. The van der Waals surface area contributed by atoms with Gasteiger partial charge < -0.3 is 14.4 Å². The number of benzene rings is 1. The molecule has 2 heterocycles. The Morgan fingerprint density at radius 3 is 2.47 bits per heavy atom. The smallest absolute Gasteiger partial charge is 0.264 e. The standard InChI is InChI=1S/C25H32N4O/c1-6-10-29-19(3)15-22(21(29)5)16-23(17-26)25(30)28-13-11-27(12-14-28)24-9-7-8-18(2)20(24)4/h7-9,15-16H,6,10-14H2,1-5H3/b23-16-. The lowest BCUT2D eigenvalue weighted by molar-refractivity contribution is -0.126. The maximum absolute atomic E-state index is 13.0. The first-order valence-electron chi connectivity index (χ1n) is 10.8. The van der Waals surface area contributed by atoms with Crippen LogP contribution in [0.2, 0.25) is 0 Å². The first kappa shape index (κ1) is 21.7. The molecule has 3 rings (SSSR count). The van der Waals surface area contributed by atoms with Crippen molar-refractivity contribution in [3.63, 3.8) is 0 Å². The second kappa shape index (κ2) is 9.21. The van der Waals surface area contributed by atoms with Crippen LogP contribution in [0.1, 0.15) is 41.4 Å². The van der Waals surface area contributed by atoms with Crippen LogP contribution in [-0.4, -0.2) is 41.6 Å². The number of aromatic nitrogens is 1. The SMILES string of the molecule is CCCn1c(C)cc(/C=C(/C#N)C(=O)N2CCN(c3cccc(C)c3C)CC2)c1C. The van der Waals surface area contributed by atoms with Crippen LogP contribution in [0.15, 0.2) is 29.8 Å². The molecule has 5 heteroatoms. The maximum Gasteiger partial charge on any atom is 0.264 e. The van der Waals surface area contributed by atoms with Crippen molar-refractivity contribution >= 4 is 17.7 Å². The van der Waals surface area contributed by atoms with E-state index in [9.17, 15) is 10.1 Å². The van der Waals surface area contributed by atoms with Crippen molar-refractivity contribution in [3.05, 3.63) is 57.9 Å². The highest BCUT2D eigenvalue weighted by atomic mass is 16.2. The Kier molecular flexibility index (Phi) is 6.66. The van der Waals surface area contributed by atoms with E-state index in [1.165, 1.54) is 16.8 Å². The topological polar surface area (TPSA) is 52.3 Å². The number of rotatable bonds is 5. The van der Waals surface area contributed by atoms with Gasteiger partial charge in [0, 0.05) is 49.8 Å². The predicted octanol–water partition coefficient (Wildman–Crippen LogP) is 4.39. The Labute approximate surface area is 180 Å². The Hall–Kier alpha value is -3.00. The summed E-state index contributed by atoms with van der Waals surface area (Å²) in [6, 6.07) is 10.6. The van der Waals surface area contributed by atoms with Gasteiger partial charge in [-0.05, 0) is 69.0 Å². The van der Waals surface area contributed by atoms with Gasteiger partial charge in [0.05, 0.1) is 0 Å². The zero-order chi connectivity index (χ0) is 21.8. The molecular formula is C25H32N4O. The van der Waals surface area contributed by atoms with Crippen molar-refractivity contribution in [2.75, 3.05) is 31.1 Å². The molecule has 5 nitrogen and oxygen atoms in total. The molecule has 2 aromatic rings. The molecule has 30 heavy (non-hydrogen) atoms. The van der Waals surface area contributed by atoms with Gasteiger partial charge in [-0.2, -0.15) is 5.26 Å². The van der Waals surface area contributed by atoms with E-state index in [1.54, 1.807) is 6.08 Å². The van der Waals surface area contributed by atoms with Crippen LogP contribution >= 0.6 is 0 Å². The van der Waals surface area contributed by atoms with Crippen LogP contribution in [-0.2, 0) is 11.3 Å². The first-order valence-corrected chi connectivity index (χ1v) is 10.8. The summed E-state index contributed by atoms with van der Waals surface area (Å²) >= 11 is 0. The van der Waals surface area contributed by atoms with Crippen LogP contribution in [0, 0.1) is 39.0 Å². The van der Waals surface area contributed by atoms with Crippen molar-refractivity contribution in [1.29, 1.82) is 5.26 Å². The van der Waals surface area contributed by atoms with E-state index in [2.05, 4.69) is 74.4 Å². The molecule has 0 atom stereocenters. The third-order valence-electron chi connectivity index (χ3n) is 6.19. The normalized spacial score (nSPS) is 14.7. The molecule has 1 aliphatic rings. The highest BCUT2D eigenvalue weighted by Gasteiger charge is 2.25. The van der Waals surface area contributed by atoms with Gasteiger partial charge in [-0.25, -0.2) is 0 Å². The number of carbonyl (C=O) groups excluding carboxylic acids is 1. The van der Waals surface area contributed by atoms with Crippen LogP contribution in [0.25, 0.3) is 6.08 Å². The van der Waals surface area contributed by atoms with Crippen LogP contribution in [0.4, 0.5) is 5.69 Å². The van der Waals surface area contributed by atoms with E-state index in [-0.39, 0.29) is 11.5 Å². The summed E-state index contributed by atoms with van der Waals surface area (Å²) < 4.78 is 2.24. The average Bonchev–Trinajstić information content (AvgIpc) is 3.01. The second-order valence-electron chi connectivity index (χ2n) is 8.15. The molecule has 1 aromatic heterocycles. The maximum atomic E-state index is 13.0. The summed E-state index contributed by atoms with van der Waals surface area (Å²) in [5.41, 5.74) is 7.24. The molecule has 0 unspecified atom stereocenters. The number of carbonyl (C=O) groups is 1. The van der Waals surface area contributed by atoms with Crippen LogP contribution in [0.5, 0.6) is 0 Å². The Balaban J connectivity index is 1.73. The van der Waals surface area contributed by atoms with Gasteiger partial charge >= 0.3 is 0 Å². The van der Waals surface area contributed by atoms with E-state index >= 15 is 0 Å². The molecule has 0 radical (unpaired) electrons. The summed E-state index contributed by atoms with van der Waals surface area (Å²) in [4.78, 5) is 17.2. The Morgan fingerprint density at radius 2 is 1.83 bits per heavy atom. The monoisotopic (exact) mass is 404 g/mol. The van der Waals surface area contributed by atoms with Gasteiger partial charge in [0.1, 0.15) is 11.6 Å². The number of piperazine rings is 1. The predicted molar refractivity (Wildman–Crippen MR) is 122 cm³/mol. The van der Waals surface area contributed by atoms with E-state index in [4.69, 9.17) is 0 Å². The molecule has 0 N–H and O–H groups in total. The number of aryl methyl sites for hydroxylation is 2. The fraction of sp³-hybridized carbons (Fsp3) is 0.440. The van der Waals surface area contributed by atoms with Crippen molar-refractivity contribution in [2.24, 2.45) is 0 Å². The fourth-order valence-electron chi connectivity index (χ4n) is 4.24. The van der Waals surface area contributed by atoms with Gasteiger partial charge in [-0.15, -0.1) is 0 Å². The second-order valence-corrected chi connectivity index (χ2v) is 8.15. The average molecular weight is 405 g/mol. The minimum atomic E-state index is -0.168. The molecule has 1 aromatic carbocycles. The van der Waals surface area contributed by atoms with Crippen LogP contribution in [0.3, 0.4) is 0 Å². The number of nitriles is 1. The lowest BCUT2D eigenvalue weighted by Gasteiger charge is -2.37. The molecule has 1 amide bonds. The van der Waals surface area contributed by atoms with Crippen molar-refractivity contribution in [3.8, 4) is 6.07 Å².